The van der Waals surface area contributed by atoms with Crippen molar-refractivity contribution < 1.29 is 23.5 Å². The number of aromatic nitrogens is 2. The maximum Gasteiger partial charge on any atom is 0.341 e. The van der Waals surface area contributed by atoms with Crippen LogP contribution in [0.15, 0.2) is 36.9 Å². The number of benzene rings is 1. The van der Waals surface area contributed by atoms with E-state index in [1.165, 1.54) is 57.0 Å². The van der Waals surface area contributed by atoms with Crippen LogP contribution in [0.4, 0.5) is 9.18 Å². The Kier molecular flexibility index (Phi) is 5.79. The second-order valence-electron chi connectivity index (χ2n) is 10.0. The van der Waals surface area contributed by atoms with Gasteiger partial charge in [0.05, 0.1) is 5.56 Å². The van der Waals surface area contributed by atoms with Crippen molar-refractivity contribution in [1.29, 1.82) is 0 Å². The van der Waals surface area contributed by atoms with E-state index in [9.17, 15) is 18.8 Å². The topological polar surface area (TPSA) is 110 Å². The summed E-state index contributed by atoms with van der Waals surface area (Å²) in [6.45, 7) is 1.35. The van der Waals surface area contributed by atoms with Crippen molar-refractivity contribution in [3.8, 4) is 11.1 Å². The van der Waals surface area contributed by atoms with Gasteiger partial charge in [0.2, 0.25) is 0 Å². The first-order valence-corrected chi connectivity index (χ1v) is 11.7. The summed E-state index contributed by atoms with van der Waals surface area (Å²) in [5.41, 5.74) is 0.549. The molecule has 34 heavy (non-hydrogen) atoms. The third kappa shape index (κ3) is 4.51. The minimum Gasteiger partial charge on any atom is -0.449 e. The molecule has 6 rings (SSSR count). The summed E-state index contributed by atoms with van der Waals surface area (Å²) in [7, 11) is 0. The molecule has 2 aromatic rings. The summed E-state index contributed by atoms with van der Waals surface area (Å²) < 4.78 is 19.7. The zero-order valence-corrected chi connectivity index (χ0v) is 18.9. The van der Waals surface area contributed by atoms with Crippen LogP contribution in [0.25, 0.3) is 11.1 Å². The molecule has 4 aliphatic carbocycles. The van der Waals surface area contributed by atoms with E-state index in [0.29, 0.717) is 28.9 Å². The molecule has 0 aliphatic heterocycles. The zero-order chi connectivity index (χ0) is 23.9. The third-order valence-corrected chi connectivity index (χ3v) is 7.39. The van der Waals surface area contributed by atoms with Crippen molar-refractivity contribution in [1.82, 2.24) is 20.6 Å². The lowest BCUT2D eigenvalue weighted by molar-refractivity contribution is -0.128. The summed E-state index contributed by atoms with van der Waals surface area (Å²) >= 11 is 0. The highest BCUT2D eigenvalue weighted by atomic mass is 19.1. The standard InChI is InChI=1S/C25H27FN4O4/c1-14(34-23(32)20-3-2-18(7-21(20)26)19-11-27-13-28-12-19)22(31)29-24(33)30-25-8-15-4-16(9-25)6-17(5-15)10-25/h2-3,7,11-17H,4-6,8-10H2,1H3,(H2,29,30,31,33). The lowest BCUT2D eigenvalue weighted by Crippen LogP contribution is -2.62. The second-order valence-corrected chi connectivity index (χ2v) is 10.0. The van der Waals surface area contributed by atoms with Crippen molar-refractivity contribution in [3.05, 3.63) is 48.3 Å². The van der Waals surface area contributed by atoms with E-state index in [2.05, 4.69) is 20.6 Å². The number of ether oxygens (including phenoxy) is 1. The molecule has 1 unspecified atom stereocenters. The molecule has 4 fully saturated rings. The van der Waals surface area contributed by atoms with Gasteiger partial charge in [0.25, 0.3) is 5.91 Å². The number of esters is 1. The first-order valence-electron chi connectivity index (χ1n) is 11.7. The maximum atomic E-state index is 14.6. The highest BCUT2D eigenvalue weighted by molar-refractivity contribution is 5.98. The molecular weight excluding hydrogens is 439 g/mol. The van der Waals surface area contributed by atoms with Crippen LogP contribution in [0.5, 0.6) is 0 Å². The Bertz CT molecular complexity index is 1090. The molecule has 1 aromatic carbocycles. The monoisotopic (exact) mass is 466 g/mol. The Morgan fingerprint density at radius 1 is 1.03 bits per heavy atom. The fraction of sp³-hybridized carbons (Fsp3) is 0.480. The van der Waals surface area contributed by atoms with E-state index in [1.54, 1.807) is 6.07 Å². The third-order valence-electron chi connectivity index (χ3n) is 7.39. The number of hydrogen-bond acceptors (Lipinski definition) is 6. The Labute approximate surface area is 196 Å². The number of halogens is 1. The quantitative estimate of drug-likeness (QED) is 0.652. The van der Waals surface area contributed by atoms with Gasteiger partial charge < -0.3 is 10.1 Å². The number of imide groups is 1. The van der Waals surface area contributed by atoms with E-state index < -0.39 is 29.8 Å². The van der Waals surface area contributed by atoms with Crippen molar-refractivity contribution >= 4 is 17.9 Å². The van der Waals surface area contributed by atoms with Gasteiger partial charge in [-0.05, 0) is 80.9 Å². The van der Waals surface area contributed by atoms with Crippen LogP contribution >= 0.6 is 0 Å². The summed E-state index contributed by atoms with van der Waals surface area (Å²) in [6.07, 6.45) is 9.74. The van der Waals surface area contributed by atoms with E-state index in [-0.39, 0.29) is 11.1 Å². The van der Waals surface area contributed by atoms with E-state index in [1.807, 2.05) is 0 Å². The molecule has 4 saturated carbocycles. The van der Waals surface area contributed by atoms with Crippen molar-refractivity contribution in [2.24, 2.45) is 17.8 Å². The number of nitrogens with zero attached hydrogens (tertiary/aromatic N) is 2. The fourth-order valence-electron chi connectivity index (χ4n) is 6.34. The Morgan fingerprint density at radius 3 is 2.24 bits per heavy atom. The molecule has 1 heterocycles. The average molecular weight is 467 g/mol. The molecule has 0 radical (unpaired) electrons. The minimum absolute atomic E-state index is 0.242. The SMILES string of the molecule is CC(OC(=O)c1ccc(-c2cncnc2)cc1F)C(=O)NC(=O)NC12CC3CC(CC(C3)C1)C2. The summed E-state index contributed by atoms with van der Waals surface area (Å²) in [5.74, 6) is -0.585. The highest BCUT2D eigenvalue weighted by Gasteiger charge is 2.51. The van der Waals surface area contributed by atoms with Crippen molar-refractivity contribution in [3.63, 3.8) is 0 Å². The molecule has 9 heteroatoms. The maximum absolute atomic E-state index is 14.6. The number of nitrogens with one attached hydrogen (secondary N) is 2. The van der Waals surface area contributed by atoms with Gasteiger partial charge in [-0.1, -0.05) is 6.07 Å². The van der Waals surface area contributed by atoms with Crippen LogP contribution in [-0.2, 0) is 9.53 Å². The molecule has 2 N–H and O–H groups in total. The van der Waals surface area contributed by atoms with Gasteiger partial charge in [0.1, 0.15) is 12.1 Å². The van der Waals surface area contributed by atoms with Crippen molar-refractivity contribution in [2.45, 2.75) is 57.1 Å². The summed E-state index contributed by atoms with van der Waals surface area (Å²) in [6, 6.07) is 3.43. The smallest absolute Gasteiger partial charge is 0.341 e. The van der Waals surface area contributed by atoms with E-state index in [4.69, 9.17) is 4.74 Å². The van der Waals surface area contributed by atoms with Crippen LogP contribution in [0.3, 0.4) is 0 Å². The van der Waals surface area contributed by atoms with E-state index in [0.717, 1.165) is 19.3 Å². The number of urea groups is 1. The van der Waals surface area contributed by atoms with Crippen LogP contribution in [0.1, 0.15) is 55.8 Å². The van der Waals surface area contributed by atoms with Gasteiger partial charge in [0, 0.05) is 23.5 Å². The summed E-state index contributed by atoms with van der Waals surface area (Å²) in [5, 5.41) is 5.33. The molecule has 0 spiro atoms. The minimum atomic E-state index is -1.27. The lowest BCUT2D eigenvalue weighted by Gasteiger charge is -2.56. The van der Waals surface area contributed by atoms with Crippen LogP contribution in [0.2, 0.25) is 0 Å². The van der Waals surface area contributed by atoms with Gasteiger partial charge >= 0.3 is 12.0 Å². The number of carbonyl (C=O) groups excluding carboxylic acids is 3. The van der Waals surface area contributed by atoms with Gasteiger partial charge in [-0.25, -0.2) is 23.9 Å². The molecule has 4 bridgehead atoms. The molecule has 1 aromatic heterocycles. The molecule has 1 atom stereocenters. The lowest BCUT2D eigenvalue weighted by atomic mass is 9.53. The first-order chi connectivity index (χ1) is 16.3. The van der Waals surface area contributed by atoms with Gasteiger partial charge in [-0.2, -0.15) is 0 Å². The normalized spacial score (nSPS) is 27.6. The molecule has 3 amide bonds. The molecule has 8 nitrogen and oxygen atoms in total. The number of carbonyl (C=O) groups is 3. The molecular formula is C25H27FN4O4. The first kappa shape index (κ1) is 22.4. The fourth-order valence-corrected chi connectivity index (χ4v) is 6.34. The second kappa shape index (κ2) is 8.77. The predicted molar refractivity (Wildman–Crippen MR) is 120 cm³/mol. The van der Waals surface area contributed by atoms with Crippen molar-refractivity contribution in [2.75, 3.05) is 0 Å². The highest BCUT2D eigenvalue weighted by Crippen LogP contribution is 2.55. The predicted octanol–water partition coefficient (Wildman–Crippen LogP) is 3.62. The Morgan fingerprint density at radius 2 is 1.65 bits per heavy atom. The van der Waals surface area contributed by atoms with Gasteiger partial charge in [0.15, 0.2) is 6.10 Å². The van der Waals surface area contributed by atoms with Crippen LogP contribution in [-0.4, -0.2) is 39.5 Å². The number of rotatable bonds is 5. The molecule has 4 aliphatic rings. The Hall–Kier alpha value is -3.36. The van der Waals surface area contributed by atoms with Crippen LogP contribution in [0, 0.1) is 23.6 Å². The molecule has 0 saturated heterocycles. The van der Waals surface area contributed by atoms with Gasteiger partial charge in [-0.3, -0.25) is 10.1 Å². The summed E-state index contributed by atoms with van der Waals surface area (Å²) in [4.78, 5) is 45.3. The number of amides is 3. The average Bonchev–Trinajstić information content (AvgIpc) is 2.78. The van der Waals surface area contributed by atoms with E-state index >= 15 is 0 Å². The largest absolute Gasteiger partial charge is 0.449 e. The zero-order valence-electron chi connectivity index (χ0n) is 18.9. The number of hydrogen-bond donors (Lipinski definition) is 2. The van der Waals surface area contributed by atoms with Gasteiger partial charge in [-0.15, -0.1) is 0 Å². The Balaban J connectivity index is 1.17. The van der Waals surface area contributed by atoms with Crippen LogP contribution < -0.4 is 10.6 Å². The molecule has 178 valence electrons.